The van der Waals surface area contributed by atoms with Crippen LogP contribution in [0.15, 0.2) is 30.5 Å². The largest absolute Gasteiger partial charge is 0.387 e. The SMILES string of the molecule is Cn1ccc2cc(C(O)CNS(C)(=O)=O)ccc21. The summed E-state index contributed by atoms with van der Waals surface area (Å²) in [5, 5.41) is 10.9. The molecule has 1 atom stereocenters. The molecule has 18 heavy (non-hydrogen) atoms. The fourth-order valence-corrected chi connectivity index (χ4v) is 2.32. The minimum Gasteiger partial charge on any atom is -0.387 e. The van der Waals surface area contributed by atoms with Crippen LogP contribution in [0.25, 0.3) is 10.9 Å². The van der Waals surface area contributed by atoms with Gasteiger partial charge in [0.1, 0.15) is 0 Å². The lowest BCUT2D eigenvalue weighted by Gasteiger charge is -2.11. The van der Waals surface area contributed by atoms with Crippen LogP contribution < -0.4 is 4.72 Å². The van der Waals surface area contributed by atoms with Gasteiger partial charge in [-0.25, -0.2) is 13.1 Å². The minimum atomic E-state index is -3.28. The molecule has 5 nitrogen and oxygen atoms in total. The lowest BCUT2D eigenvalue weighted by atomic mass is 10.1. The number of aryl methyl sites for hydroxylation is 1. The van der Waals surface area contributed by atoms with Crippen molar-refractivity contribution in [2.45, 2.75) is 6.10 Å². The molecule has 0 radical (unpaired) electrons. The Kier molecular flexibility index (Phi) is 3.43. The van der Waals surface area contributed by atoms with E-state index in [2.05, 4.69) is 4.72 Å². The van der Waals surface area contributed by atoms with Gasteiger partial charge in [0.2, 0.25) is 10.0 Å². The highest BCUT2D eigenvalue weighted by molar-refractivity contribution is 7.88. The summed E-state index contributed by atoms with van der Waals surface area (Å²) in [6, 6.07) is 7.53. The molecule has 1 unspecified atom stereocenters. The Hall–Kier alpha value is -1.37. The molecule has 98 valence electrons. The molecule has 2 rings (SSSR count). The molecule has 0 aliphatic heterocycles. The lowest BCUT2D eigenvalue weighted by molar-refractivity contribution is 0.182. The number of aliphatic hydroxyl groups is 1. The predicted molar refractivity (Wildman–Crippen MR) is 70.7 cm³/mol. The van der Waals surface area contributed by atoms with Gasteiger partial charge < -0.3 is 9.67 Å². The third-order valence-corrected chi connectivity index (χ3v) is 3.52. The van der Waals surface area contributed by atoms with Gasteiger partial charge in [-0.3, -0.25) is 0 Å². The minimum absolute atomic E-state index is 0.0167. The zero-order valence-corrected chi connectivity index (χ0v) is 11.1. The average Bonchev–Trinajstić information content (AvgIpc) is 2.66. The Bertz CT molecular complexity index is 661. The van der Waals surface area contributed by atoms with Crippen LogP contribution in [0.5, 0.6) is 0 Å². The Balaban J connectivity index is 2.20. The highest BCUT2D eigenvalue weighted by Gasteiger charge is 2.11. The van der Waals surface area contributed by atoms with Crippen molar-refractivity contribution < 1.29 is 13.5 Å². The zero-order chi connectivity index (χ0) is 13.3. The maximum absolute atomic E-state index is 11.0. The van der Waals surface area contributed by atoms with Gasteiger partial charge in [0.25, 0.3) is 0 Å². The first-order chi connectivity index (χ1) is 8.37. The van der Waals surface area contributed by atoms with Crippen LogP contribution in [-0.4, -0.2) is 30.9 Å². The fourth-order valence-electron chi connectivity index (χ4n) is 1.86. The molecular weight excluding hydrogens is 252 g/mol. The van der Waals surface area contributed by atoms with Crippen LogP contribution in [0.3, 0.4) is 0 Å². The quantitative estimate of drug-likeness (QED) is 0.860. The second-order valence-corrected chi connectivity index (χ2v) is 6.21. The van der Waals surface area contributed by atoms with Crippen molar-refractivity contribution in [2.75, 3.05) is 12.8 Å². The van der Waals surface area contributed by atoms with E-state index in [9.17, 15) is 13.5 Å². The highest BCUT2D eigenvalue weighted by atomic mass is 32.2. The number of aromatic nitrogens is 1. The molecule has 1 heterocycles. The maximum atomic E-state index is 11.0. The zero-order valence-electron chi connectivity index (χ0n) is 10.3. The van der Waals surface area contributed by atoms with E-state index in [1.54, 1.807) is 6.07 Å². The Labute approximate surface area is 106 Å². The number of fused-ring (bicyclic) bond motifs is 1. The molecule has 1 aromatic carbocycles. The summed E-state index contributed by atoms with van der Waals surface area (Å²) < 4.78 is 26.2. The Morgan fingerprint density at radius 2 is 2.11 bits per heavy atom. The maximum Gasteiger partial charge on any atom is 0.208 e. The number of sulfonamides is 1. The van der Waals surface area contributed by atoms with Crippen molar-refractivity contribution in [3.05, 3.63) is 36.0 Å². The van der Waals surface area contributed by atoms with Gasteiger partial charge in [-0.1, -0.05) is 6.07 Å². The van der Waals surface area contributed by atoms with E-state index in [-0.39, 0.29) is 6.54 Å². The van der Waals surface area contributed by atoms with Crippen LogP contribution in [0.1, 0.15) is 11.7 Å². The first-order valence-electron chi connectivity index (χ1n) is 5.54. The molecule has 6 heteroatoms. The molecule has 0 aliphatic carbocycles. The van der Waals surface area contributed by atoms with Gasteiger partial charge in [0, 0.05) is 25.3 Å². The first-order valence-corrected chi connectivity index (χ1v) is 7.43. The second-order valence-electron chi connectivity index (χ2n) is 4.38. The number of aliphatic hydroxyl groups excluding tert-OH is 1. The monoisotopic (exact) mass is 268 g/mol. The van der Waals surface area contributed by atoms with Crippen molar-refractivity contribution >= 4 is 20.9 Å². The molecule has 0 saturated carbocycles. The molecule has 1 aromatic heterocycles. The summed E-state index contributed by atoms with van der Waals surface area (Å²) in [7, 11) is -1.33. The Morgan fingerprint density at radius 1 is 1.39 bits per heavy atom. The highest BCUT2D eigenvalue weighted by Crippen LogP contribution is 2.20. The Morgan fingerprint density at radius 3 is 2.78 bits per heavy atom. The molecule has 0 fully saturated rings. The third-order valence-electron chi connectivity index (χ3n) is 2.83. The van der Waals surface area contributed by atoms with Gasteiger partial charge in [0.15, 0.2) is 0 Å². The molecule has 2 aromatic rings. The normalized spacial score (nSPS) is 13.9. The van der Waals surface area contributed by atoms with E-state index in [4.69, 9.17) is 0 Å². The van der Waals surface area contributed by atoms with Crippen LogP contribution in [0, 0.1) is 0 Å². The van der Waals surface area contributed by atoms with Crippen molar-refractivity contribution in [2.24, 2.45) is 7.05 Å². The van der Waals surface area contributed by atoms with E-state index in [0.717, 1.165) is 17.2 Å². The number of hydrogen-bond donors (Lipinski definition) is 2. The average molecular weight is 268 g/mol. The van der Waals surface area contributed by atoms with Crippen LogP contribution in [-0.2, 0) is 17.1 Å². The summed E-state index contributed by atoms with van der Waals surface area (Å²) in [6.07, 6.45) is 2.17. The molecule has 2 N–H and O–H groups in total. The fraction of sp³-hybridized carbons (Fsp3) is 0.333. The predicted octanol–water partition coefficient (Wildman–Crippen LogP) is 0.761. The van der Waals surface area contributed by atoms with E-state index in [0.29, 0.717) is 5.56 Å². The second kappa shape index (κ2) is 4.72. The van der Waals surface area contributed by atoms with Crippen molar-refractivity contribution in [3.63, 3.8) is 0 Å². The third kappa shape index (κ3) is 2.90. The lowest BCUT2D eigenvalue weighted by Crippen LogP contribution is -2.27. The van der Waals surface area contributed by atoms with Crippen molar-refractivity contribution in [1.29, 1.82) is 0 Å². The molecule has 0 aliphatic rings. The van der Waals surface area contributed by atoms with Crippen LogP contribution in [0.2, 0.25) is 0 Å². The summed E-state index contributed by atoms with van der Waals surface area (Å²) in [6.45, 7) is -0.0167. The van der Waals surface area contributed by atoms with Gasteiger partial charge >= 0.3 is 0 Å². The van der Waals surface area contributed by atoms with Crippen LogP contribution in [0.4, 0.5) is 0 Å². The summed E-state index contributed by atoms with van der Waals surface area (Å²) in [4.78, 5) is 0. The number of rotatable bonds is 4. The van der Waals surface area contributed by atoms with E-state index in [1.807, 2.05) is 36.0 Å². The van der Waals surface area contributed by atoms with E-state index in [1.165, 1.54) is 0 Å². The van der Waals surface area contributed by atoms with Gasteiger partial charge in [0.05, 0.1) is 12.4 Å². The molecule has 0 saturated heterocycles. The van der Waals surface area contributed by atoms with Crippen molar-refractivity contribution in [1.82, 2.24) is 9.29 Å². The topological polar surface area (TPSA) is 71.3 Å². The molecule has 0 bridgehead atoms. The number of hydrogen-bond acceptors (Lipinski definition) is 3. The molecule has 0 amide bonds. The summed E-state index contributed by atoms with van der Waals surface area (Å²) in [5.74, 6) is 0. The van der Waals surface area contributed by atoms with E-state index >= 15 is 0 Å². The number of benzene rings is 1. The summed E-state index contributed by atoms with van der Waals surface area (Å²) in [5.41, 5.74) is 1.77. The van der Waals surface area contributed by atoms with Gasteiger partial charge in [-0.15, -0.1) is 0 Å². The molecular formula is C12H16N2O3S. The number of nitrogens with one attached hydrogen (secondary N) is 1. The van der Waals surface area contributed by atoms with Crippen LogP contribution >= 0.6 is 0 Å². The standard InChI is InChI=1S/C12H16N2O3S/c1-14-6-5-9-7-10(3-4-11(9)14)12(15)8-13-18(2,16)17/h3-7,12-13,15H,8H2,1-2H3. The van der Waals surface area contributed by atoms with Gasteiger partial charge in [-0.2, -0.15) is 0 Å². The van der Waals surface area contributed by atoms with E-state index < -0.39 is 16.1 Å². The smallest absolute Gasteiger partial charge is 0.208 e. The first kappa shape index (κ1) is 13.1. The summed E-state index contributed by atoms with van der Waals surface area (Å²) >= 11 is 0. The van der Waals surface area contributed by atoms with Gasteiger partial charge in [-0.05, 0) is 29.1 Å². The van der Waals surface area contributed by atoms with Crippen molar-refractivity contribution in [3.8, 4) is 0 Å². The molecule has 0 spiro atoms. The number of nitrogens with zero attached hydrogens (tertiary/aromatic N) is 1.